The second kappa shape index (κ2) is 6.76. The first-order valence-electron chi connectivity index (χ1n) is 7.59. The molecule has 22 heavy (non-hydrogen) atoms. The van der Waals surface area contributed by atoms with Gasteiger partial charge in [-0.25, -0.2) is 4.98 Å². The van der Waals surface area contributed by atoms with Gasteiger partial charge in [0.15, 0.2) is 5.69 Å². The molecule has 0 fully saturated rings. The van der Waals surface area contributed by atoms with Gasteiger partial charge in [-0.15, -0.1) is 0 Å². The van der Waals surface area contributed by atoms with Crippen molar-refractivity contribution in [2.24, 2.45) is 5.41 Å². The van der Waals surface area contributed by atoms with E-state index in [2.05, 4.69) is 36.4 Å². The summed E-state index contributed by atoms with van der Waals surface area (Å²) < 4.78 is 7.66. The highest BCUT2D eigenvalue weighted by atomic mass is 16.5. The normalized spacial score (nSPS) is 11.4. The molecule has 1 aromatic heterocycles. The maximum Gasteiger partial charge on any atom is 0.166 e. The van der Waals surface area contributed by atoms with E-state index in [4.69, 9.17) is 4.74 Å². The molecule has 1 heterocycles. The monoisotopic (exact) mass is 297 g/mol. The molecule has 2 aromatic rings. The first-order chi connectivity index (χ1) is 10.5. The van der Waals surface area contributed by atoms with Gasteiger partial charge in [0.05, 0.1) is 5.69 Å². The van der Waals surface area contributed by atoms with Gasteiger partial charge in [-0.2, -0.15) is 5.26 Å². The molecule has 0 saturated heterocycles. The summed E-state index contributed by atoms with van der Waals surface area (Å²) >= 11 is 0. The van der Waals surface area contributed by atoms with Crippen molar-refractivity contribution in [3.63, 3.8) is 0 Å². The molecule has 0 aliphatic rings. The van der Waals surface area contributed by atoms with Gasteiger partial charge < -0.3 is 9.30 Å². The molecular formula is C18H23N3O. The SMILES string of the molecule is CCOCc1nc(C#N)c(-c2ccccc2)n1CC(C)(C)C. The summed E-state index contributed by atoms with van der Waals surface area (Å²) in [6, 6.07) is 12.2. The molecule has 0 aliphatic heterocycles. The Balaban J connectivity index is 2.58. The first kappa shape index (κ1) is 16.3. The number of imidazole rings is 1. The number of hydrogen-bond donors (Lipinski definition) is 0. The molecule has 0 bridgehead atoms. The highest BCUT2D eigenvalue weighted by molar-refractivity contribution is 5.66. The van der Waals surface area contributed by atoms with Gasteiger partial charge in [0.2, 0.25) is 0 Å². The quantitative estimate of drug-likeness (QED) is 0.838. The number of nitriles is 1. The summed E-state index contributed by atoms with van der Waals surface area (Å²) in [4.78, 5) is 4.50. The lowest BCUT2D eigenvalue weighted by atomic mass is 9.96. The van der Waals surface area contributed by atoms with Gasteiger partial charge in [-0.05, 0) is 12.3 Å². The van der Waals surface area contributed by atoms with E-state index >= 15 is 0 Å². The van der Waals surface area contributed by atoms with Gasteiger partial charge in [-0.1, -0.05) is 51.1 Å². The summed E-state index contributed by atoms with van der Waals surface area (Å²) in [7, 11) is 0. The van der Waals surface area contributed by atoms with Crippen LogP contribution in [0.1, 0.15) is 39.2 Å². The van der Waals surface area contributed by atoms with Crippen LogP contribution in [0.25, 0.3) is 11.3 Å². The maximum atomic E-state index is 9.47. The molecule has 0 atom stereocenters. The fourth-order valence-corrected chi connectivity index (χ4v) is 2.41. The number of ether oxygens (including phenoxy) is 1. The van der Waals surface area contributed by atoms with E-state index < -0.39 is 0 Å². The van der Waals surface area contributed by atoms with Crippen LogP contribution in [0.2, 0.25) is 0 Å². The van der Waals surface area contributed by atoms with E-state index in [0.29, 0.717) is 18.9 Å². The van der Waals surface area contributed by atoms with E-state index in [-0.39, 0.29) is 5.41 Å². The lowest BCUT2D eigenvalue weighted by molar-refractivity contribution is 0.124. The highest BCUT2D eigenvalue weighted by Crippen LogP contribution is 2.29. The van der Waals surface area contributed by atoms with Gasteiger partial charge in [0.25, 0.3) is 0 Å². The summed E-state index contributed by atoms with van der Waals surface area (Å²) in [5.41, 5.74) is 2.44. The maximum absolute atomic E-state index is 9.47. The zero-order valence-electron chi connectivity index (χ0n) is 13.8. The molecule has 1 aromatic carbocycles. The molecule has 0 aliphatic carbocycles. The van der Waals surface area contributed by atoms with E-state index in [1.165, 1.54) is 0 Å². The van der Waals surface area contributed by atoms with Crippen molar-refractivity contribution in [3.8, 4) is 17.3 Å². The van der Waals surface area contributed by atoms with Crippen molar-refractivity contribution in [2.75, 3.05) is 6.61 Å². The van der Waals surface area contributed by atoms with Crippen molar-refractivity contribution in [2.45, 2.75) is 40.8 Å². The number of benzene rings is 1. The minimum absolute atomic E-state index is 0.0813. The Bertz CT molecular complexity index is 660. The fourth-order valence-electron chi connectivity index (χ4n) is 2.41. The van der Waals surface area contributed by atoms with E-state index in [1.807, 2.05) is 37.3 Å². The van der Waals surface area contributed by atoms with Crippen molar-refractivity contribution in [1.29, 1.82) is 5.26 Å². The third-order valence-corrected chi connectivity index (χ3v) is 3.27. The van der Waals surface area contributed by atoms with Crippen LogP contribution in [0.4, 0.5) is 0 Å². The third kappa shape index (κ3) is 3.75. The average molecular weight is 297 g/mol. The van der Waals surface area contributed by atoms with Crippen LogP contribution in [0.5, 0.6) is 0 Å². The fraction of sp³-hybridized carbons (Fsp3) is 0.444. The van der Waals surface area contributed by atoms with Gasteiger partial charge >= 0.3 is 0 Å². The van der Waals surface area contributed by atoms with E-state index in [9.17, 15) is 5.26 Å². The van der Waals surface area contributed by atoms with Crippen molar-refractivity contribution >= 4 is 0 Å². The first-order valence-corrected chi connectivity index (χ1v) is 7.59. The Labute approximate surface area is 132 Å². The molecule has 0 amide bonds. The molecule has 0 spiro atoms. The van der Waals surface area contributed by atoms with Crippen LogP contribution in [0.15, 0.2) is 30.3 Å². The largest absolute Gasteiger partial charge is 0.374 e. The Morgan fingerprint density at radius 2 is 1.91 bits per heavy atom. The minimum Gasteiger partial charge on any atom is -0.374 e. The number of hydrogen-bond acceptors (Lipinski definition) is 3. The zero-order chi connectivity index (χ0) is 16.2. The van der Waals surface area contributed by atoms with Crippen LogP contribution in [0, 0.1) is 16.7 Å². The molecule has 0 N–H and O–H groups in total. The average Bonchev–Trinajstić information content (AvgIpc) is 2.81. The zero-order valence-corrected chi connectivity index (χ0v) is 13.8. The Morgan fingerprint density at radius 1 is 1.23 bits per heavy atom. The van der Waals surface area contributed by atoms with Gasteiger partial charge in [0.1, 0.15) is 18.5 Å². The van der Waals surface area contributed by atoms with E-state index in [1.54, 1.807) is 0 Å². The molecule has 116 valence electrons. The van der Waals surface area contributed by atoms with Gasteiger partial charge in [0, 0.05) is 18.7 Å². The minimum atomic E-state index is 0.0813. The molecule has 2 rings (SSSR count). The number of aromatic nitrogens is 2. The predicted molar refractivity (Wildman–Crippen MR) is 87.2 cm³/mol. The van der Waals surface area contributed by atoms with Crippen LogP contribution < -0.4 is 0 Å². The summed E-state index contributed by atoms with van der Waals surface area (Å²) in [5.74, 6) is 0.812. The molecule has 0 unspecified atom stereocenters. The predicted octanol–water partition coefficient (Wildman–Crippen LogP) is 4.00. The molecule has 4 heteroatoms. The van der Waals surface area contributed by atoms with Crippen LogP contribution in [0.3, 0.4) is 0 Å². The summed E-state index contributed by atoms with van der Waals surface area (Å²) in [5, 5.41) is 9.47. The molecule has 4 nitrogen and oxygen atoms in total. The second-order valence-corrected chi connectivity index (χ2v) is 6.49. The van der Waals surface area contributed by atoms with Crippen molar-refractivity contribution in [1.82, 2.24) is 9.55 Å². The summed E-state index contributed by atoms with van der Waals surface area (Å²) in [6.45, 7) is 10.3. The second-order valence-electron chi connectivity index (χ2n) is 6.49. The van der Waals surface area contributed by atoms with Gasteiger partial charge in [-0.3, -0.25) is 0 Å². The van der Waals surface area contributed by atoms with Crippen LogP contribution >= 0.6 is 0 Å². The van der Waals surface area contributed by atoms with Crippen LogP contribution in [-0.2, 0) is 17.9 Å². The lowest BCUT2D eigenvalue weighted by Gasteiger charge is -2.22. The van der Waals surface area contributed by atoms with Crippen LogP contribution in [-0.4, -0.2) is 16.2 Å². The van der Waals surface area contributed by atoms with Crippen molar-refractivity contribution < 1.29 is 4.74 Å². The standard InChI is InChI=1S/C18H23N3O/c1-5-22-12-16-20-15(11-19)17(14-9-7-6-8-10-14)21(16)13-18(2,3)4/h6-10H,5,12-13H2,1-4H3. The highest BCUT2D eigenvalue weighted by Gasteiger charge is 2.22. The lowest BCUT2D eigenvalue weighted by Crippen LogP contribution is -2.19. The number of nitrogens with zero attached hydrogens (tertiary/aromatic N) is 3. The Morgan fingerprint density at radius 3 is 2.45 bits per heavy atom. The summed E-state index contributed by atoms with van der Waals surface area (Å²) in [6.07, 6.45) is 0. The Kier molecular flexibility index (Phi) is 4.99. The molecular weight excluding hydrogens is 274 g/mol. The topological polar surface area (TPSA) is 50.8 Å². The number of rotatable bonds is 5. The molecule has 0 saturated carbocycles. The molecule has 0 radical (unpaired) electrons. The Hall–Kier alpha value is -2.12. The van der Waals surface area contributed by atoms with Crippen molar-refractivity contribution in [3.05, 3.63) is 41.9 Å². The third-order valence-electron chi connectivity index (χ3n) is 3.27. The smallest absolute Gasteiger partial charge is 0.166 e. The van der Waals surface area contributed by atoms with E-state index in [0.717, 1.165) is 23.6 Å².